The summed E-state index contributed by atoms with van der Waals surface area (Å²) in [7, 11) is 1.34. The quantitative estimate of drug-likeness (QED) is 0.892. The molecule has 0 heterocycles. The topological polar surface area (TPSA) is 66.8 Å². The number of aromatic carboxylic acids is 1. The average Bonchev–Trinajstić information content (AvgIpc) is 2.38. The third-order valence-corrected chi connectivity index (χ3v) is 2.66. The molecule has 0 radical (unpaired) electrons. The first-order chi connectivity index (χ1) is 9.02. The molecular formula is C14H11FO4. The zero-order valence-electron chi connectivity index (χ0n) is 10.1. The van der Waals surface area contributed by atoms with Crippen molar-refractivity contribution in [1.82, 2.24) is 0 Å². The number of benzene rings is 2. The van der Waals surface area contributed by atoms with E-state index in [0.29, 0.717) is 0 Å². The summed E-state index contributed by atoms with van der Waals surface area (Å²) in [5.74, 6) is -1.98. The van der Waals surface area contributed by atoms with E-state index in [-0.39, 0.29) is 28.2 Å². The first-order valence-electron chi connectivity index (χ1n) is 5.43. The van der Waals surface area contributed by atoms with E-state index in [9.17, 15) is 14.3 Å². The molecule has 0 atom stereocenters. The summed E-state index contributed by atoms with van der Waals surface area (Å²) >= 11 is 0. The zero-order valence-corrected chi connectivity index (χ0v) is 10.1. The predicted octanol–water partition coefficient (Wildman–Crippen LogP) is 2.91. The van der Waals surface area contributed by atoms with E-state index in [2.05, 4.69) is 0 Å². The molecule has 19 heavy (non-hydrogen) atoms. The summed E-state index contributed by atoms with van der Waals surface area (Å²) in [4.78, 5) is 10.9. The van der Waals surface area contributed by atoms with Crippen molar-refractivity contribution in [1.29, 1.82) is 0 Å². The number of phenolic OH excluding ortho intramolecular Hbond substituents is 1. The van der Waals surface area contributed by atoms with E-state index >= 15 is 0 Å². The van der Waals surface area contributed by atoms with Gasteiger partial charge in [0.15, 0.2) is 11.6 Å². The highest BCUT2D eigenvalue weighted by Crippen LogP contribution is 2.31. The Hall–Kier alpha value is -2.56. The molecule has 0 amide bonds. The summed E-state index contributed by atoms with van der Waals surface area (Å²) in [6.45, 7) is 0. The van der Waals surface area contributed by atoms with Crippen molar-refractivity contribution in [2.24, 2.45) is 0 Å². The molecule has 0 spiro atoms. The standard InChI is InChI=1S/C14H11FO4/c1-19-12-4-2-3-11(13(12)15)8-5-9(14(17)18)7-10(16)6-8/h2-7,16H,1H3,(H,17,18). The van der Waals surface area contributed by atoms with Gasteiger partial charge in [0.25, 0.3) is 0 Å². The summed E-state index contributed by atoms with van der Waals surface area (Å²) < 4.78 is 18.9. The van der Waals surface area contributed by atoms with Gasteiger partial charge in [0, 0.05) is 5.56 Å². The molecule has 0 fully saturated rings. The van der Waals surface area contributed by atoms with Crippen molar-refractivity contribution < 1.29 is 24.1 Å². The van der Waals surface area contributed by atoms with Gasteiger partial charge in [0.2, 0.25) is 0 Å². The van der Waals surface area contributed by atoms with Gasteiger partial charge in [-0.15, -0.1) is 0 Å². The highest BCUT2D eigenvalue weighted by molar-refractivity contribution is 5.90. The molecule has 4 nitrogen and oxygen atoms in total. The molecule has 98 valence electrons. The second-order valence-electron chi connectivity index (χ2n) is 3.90. The highest BCUT2D eigenvalue weighted by Gasteiger charge is 2.13. The number of carboxylic acids is 1. The molecule has 2 aromatic rings. The molecule has 0 saturated carbocycles. The van der Waals surface area contributed by atoms with Crippen molar-refractivity contribution in [2.45, 2.75) is 0 Å². The lowest BCUT2D eigenvalue weighted by atomic mass is 10.0. The van der Waals surface area contributed by atoms with Crippen molar-refractivity contribution >= 4 is 5.97 Å². The maximum Gasteiger partial charge on any atom is 0.335 e. The molecule has 2 aromatic carbocycles. The largest absolute Gasteiger partial charge is 0.508 e. The van der Waals surface area contributed by atoms with Crippen LogP contribution >= 0.6 is 0 Å². The summed E-state index contributed by atoms with van der Waals surface area (Å²) in [6.07, 6.45) is 0. The molecule has 2 rings (SSSR count). The fourth-order valence-corrected chi connectivity index (χ4v) is 1.78. The van der Waals surface area contributed by atoms with Crippen LogP contribution in [0.4, 0.5) is 4.39 Å². The van der Waals surface area contributed by atoms with Crippen molar-refractivity contribution in [3.63, 3.8) is 0 Å². The molecule has 0 saturated heterocycles. The Kier molecular flexibility index (Phi) is 3.37. The van der Waals surface area contributed by atoms with Crippen molar-refractivity contribution in [2.75, 3.05) is 7.11 Å². The number of phenols is 1. The fraction of sp³-hybridized carbons (Fsp3) is 0.0714. The number of carboxylic acid groups (broad SMARTS) is 1. The van der Waals surface area contributed by atoms with E-state index in [0.717, 1.165) is 6.07 Å². The van der Waals surface area contributed by atoms with E-state index in [1.165, 1.54) is 31.4 Å². The number of carbonyl (C=O) groups is 1. The summed E-state index contributed by atoms with van der Waals surface area (Å²) in [5, 5.41) is 18.4. The van der Waals surface area contributed by atoms with Crippen LogP contribution in [0.2, 0.25) is 0 Å². The fourth-order valence-electron chi connectivity index (χ4n) is 1.78. The predicted molar refractivity (Wildman–Crippen MR) is 67.0 cm³/mol. The van der Waals surface area contributed by atoms with Gasteiger partial charge >= 0.3 is 5.97 Å². The van der Waals surface area contributed by atoms with E-state index in [1.807, 2.05) is 0 Å². The van der Waals surface area contributed by atoms with Crippen LogP contribution in [0, 0.1) is 5.82 Å². The molecule has 0 bridgehead atoms. The van der Waals surface area contributed by atoms with E-state index in [4.69, 9.17) is 9.84 Å². The Morgan fingerprint density at radius 3 is 2.63 bits per heavy atom. The smallest absolute Gasteiger partial charge is 0.335 e. The lowest BCUT2D eigenvalue weighted by Crippen LogP contribution is -1.97. The lowest BCUT2D eigenvalue weighted by Gasteiger charge is -2.09. The van der Waals surface area contributed by atoms with Gasteiger partial charge in [0.05, 0.1) is 12.7 Å². The third kappa shape index (κ3) is 2.49. The normalized spacial score (nSPS) is 10.2. The van der Waals surface area contributed by atoms with Crippen LogP contribution in [0.25, 0.3) is 11.1 Å². The average molecular weight is 262 g/mol. The molecule has 5 heteroatoms. The van der Waals surface area contributed by atoms with Crippen molar-refractivity contribution in [3.05, 3.63) is 47.8 Å². The number of halogens is 1. The molecule has 0 aliphatic carbocycles. The summed E-state index contributed by atoms with van der Waals surface area (Å²) in [5.41, 5.74) is 0.323. The highest BCUT2D eigenvalue weighted by atomic mass is 19.1. The van der Waals surface area contributed by atoms with Crippen LogP contribution in [0.15, 0.2) is 36.4 Å². The second kappa shape index (κ2) is 4.97. The number of aromatic hydroxyl groups is 1. The Balaban J connectivity index is 2.62. The van der Waals surface area contributed by atoms with Crippen LogP contribution in [0.3, 0.4) is 0 Å². The molecule has 2 N–H and O–H groups in total. The first-order valence-corrected chi connectivity index (χ1v) is 5.43. The van der Waals surface area contributed by atoms with Crippen LogP contribution in [0.1, 0.15) is 10.4 Å². The van der Waals surface area contributed by atoms with Gasteiger partial charge in [-0.3, -0.25) is 0 Å². The van der Waals surface area contributed by atoms with Gasteiger partial charge in [-0.1, -0.05) is 12.1 Å². The van der Waals surface area contributed by atoms with Crippen molar-refractivity contribution in [3.8, 4) is 22.6 Å². The molecule has 0 aliphatic rings. The molecule has 0 unspecified atom stereocenters. The number of rotatable bonds is 3. The van der Waals surface area contributed by atoms with Crippen LogP contribution in [-0.4, -0.2) is 23.3 Å². The van der Waals surface area contributed by atoms with E-state index in [1.54, 1.807) is 6.07 Å². The zero-order chi connectivity index (χ0) is 14.0. The minimum Gasteiger partial charge on any atom is -0.508 e. The first kappa shape index (κ1) is 12.9. The molecule has 0 aliphatic heterocycles. The maximum atomic E-state index is 14.1. The minimum absolute atomic E-state index is 0.0534. The Morgan fingerprint density at radius 1 is 1.26 bits per heavy atom. The SMILES string of the molecule is COc1cccc(-c2cc(O)cc(C(=O)O)c2)c1F. The van der Waals surface area contributed by atoms with Gasteiger partial charge in [-0.2, -0.15) is 0 Å². The van der Waals surface area contributed by atoms with Crippen LogP contribution in [-0.2, 0) is 0 Å². The third-order valence-electron chi connectivity index (χ3n) is 2.66. The number of hydrogen-bond acceptors (Lipinski definition) is 3. The van der Waals surface area contributed by atoms with E-state index < -0.39 is 11.8 Å². The second-order valence-corrected chi connectivity index (χ2v) is 3.90. The lowest BCUT2D eigenvalue weighted by molar-refractivity contribution is 0.0696. The Morgan fingerprint density at radius 2 is 2.00 bits per heavy atom. The monoisotopic (exact) mass is 262 g/mol. The van der Waals surface area contributed by atoms with Gasteiger partial charge < -0.3 is 14.9 Å². The number of ether oxygens (including phenoxy) is 1. The molecule has 0 aromatic heterocycles. The van der Waals surface area contributed by atoms with Gasteiger partial charge in [-0.05, 0) is 29.8 Å². The van der Waals surface area contributed by atoms with Gasteiger partial charge in [-0.25, -0.2) is 9.18 Å². The van der Waals surface area contributed by atoms with Crippen LogP contribution in [0.5, 0.6) is 11.5 Å². The van der Waals surface area contributed by atoms with Crippen LogP contribution < -0.4 is 4.74 Å². The number of methoxy groups -OCH3 is 1. The molecular weight excluding hydrogens is 251 g/mol. The Bertz CT molecular complexity index is 637. The van der Waals surface area contributed by atoms with Gasteiger partial charge in [0.1, 0.15) is 5.75 Å². The number of hydrogen-bond donors (Lipinski definition) is 2. The summed E-state index contributed by atoms with van der Waals surface area (Å²) in [6, 6.07) is 8.22. The maximum absolute atomic E-state index is 14.1. The Labute approximate surface area is 108 Å². The minimum atomic E-state index is -1.19.